The quantitative estimate of drug-likeness (QED) is 0.0643. The van der Waals surface area contributed by atoms with Gasteiger partial charge in [0.1, 0.15) is 11.9 Å². The molecule has 7 nitrogen and oxygen atoms in total. The van der Waals surface area contributed by atoms with Crippen molar-refractivity contribution in [3.05, 3.63) is 40.2 Å². The minimum absolute atomic E-state index is 0.0636. The van der Waals surface area contributed by atoms with Gasteiger partial charge in [0, 0.05) is 42.9 Å². The van der Waals surface area contributed by atoms with Crippen molar-refractivity contribution in [2.45, 2.75) is 204 Å². The predicted molar refractivity (Wildman–Crippen MR) is 245 cm³/mol. The SMILES string of the molecule is CCCC12CCCC(C)(CCC3C(C)CCC(OC(=O)CC(C)(C)C(=O)O)C3(C)C)C1(C)CCC1(CC(CC(=O)CCCCc3ccc(Cl)cn3)=NC)CCC(C(C)C)=C12. The van der Waals surface area contributed by atoms with E-state index in [0.29, 0.717) is 41.4 Å². The topological polar surface area (TPSA) is 106 Å². The van der Waals surface area contributed by atoms with Gasteiger partial charge in [0.05, 0.1) is 16.9 Å². The molecule has 0 bridgehead atoms. The fourth-order valence-electron chi connectivity index (χ4n) is 13.6. The lowest BCUT2D eigenvalue weighted by molar-refractivity contribution is -0.172. The third kappa shape index (κ3) is 9.66. The van der Waals surface area contributed by atoms with E-state index in [0.717, 1.165) is 82.0 Å². The number of halogens is 1. The Labute approximate surface area is 369 Å². The number of nitrogens with zero attached hydrogens (tertiary/aromatic N) is 2. The summed E-state index contributed by atoms with van der Waals surface area (Å²) in [7, 11) is 1.91. The number of pyridine rings is 1. The van der Waals surface area contributed by atoms with E-state index >= 15 is 0 Å². The number of fused-ring (bicyclic) bond motifs is 3. The molecular formula is C52H81ClN2O5. The van der Waals surface area contributed by atoms with Gasteiger partial charge in [0.2, 0.25) is 0 Å². The number of aliphatic imine (C=N–C) groups is 1. The summed E-state index contributed by atoms with van der Waals surface area (Å²) < 4.78 is 6.20. The number of aryl methyl sites for hydroxylation is 1. The molecule has 8 heteroatoms. The Morgan fingerprint density at radius 2 is 1.75 bits per heavy atom. The van der Waals surface area contributed by atoms with Crippen LogP contribution >= 0.6 is 11.6 Å². The molecule has 0 radical (unpaired) electrons. The van der Waals surface area contributed by atoms with Crippen LogP contribution in [0.3, 0.4) is 0 Å². The second-order valence-corrected chi connectivity index (χ2v) is 22.6. The molecule has 0 spiro atoms. The van der Waals surface area contributed by atoms with Gasteiger partial charge in [0.15, 0.2) is 0 Å². The molecule has 4 aliphatic carbocycles. The second-order valence-electron chi connectivity index (χ2n) is 22.1. The lowest BCUT2D eigenvalue weighted by Crippen LogP contribution is -2.60. The molecule has 0 aliphatic heterocycles. The van der Waals surface area contributed by atoms with Gasteiger partial charge in [-0.15, -0.1) is 0 Å². The molecule has 0 amide bonds. The number of ketones is 1. The Morgan fingerprint density at radius 1 is 1.02 bits per heavy atom. The number of carbonyl (C=O) groups is 3. The van der Waals surface area contributed by atoms with Crippen LogP contribution in [0, 0.1) is 50.2 Å². The highest BCUT2D eigenvalue weighted by Gasteiger charge is 2.67. The minimum atomic E-state index is -1.15. The van der Waals surface area contributed by atoms with Crippen LogP contribution in [0.1, 0.15) is 197 Å². The molecule has 7 atom stereocenters. The van der Waals surface area contributed by atoms with E-state index in [4.69, 9.17) is 21.3 Å². The number of rotatable bonds is 19. The standard InChI is InChI=1S/C52H81ClN2O5/c1-12-24-52-26-15-25-49(9,27-23-42-36(4)18-21-43(48(42,7)8)60-44(57)33-47(5,6)46(58)59)50(52,10)29-30-51(28-22-41(35(2)3)45(51)52)32-39(54-11)31-40(56)17-14-13-16-38-20-19-37(53)34-55-38/h19-20,34-36,42-43H,12-18,21-33H2,1-11H3,(H,58,59). The summed E-state index contributed by atoms with van der Waals surface area (Å²) in [4.78, 5) is 47.9. The molecule has 5 rings (SSSR count). The Bertz CT molecular complexity index is 1760. The average Bonchev–Trinajstić information content (AvgIpc) is 3.56. The number of hydrogen-bond acceptors (Lipinski definition) is 6. The molecular weight excluding hydrogens is 768 g/mol. The van der Waals surface area contributed by atoms with Gasteiger partial charge in [-0.25, -0.2) is 0 Å². The number of esters is 1. The van der Waals surface area contributed by atoms with Crippen molar-refractivity contribution in [3.8, 4) is 0 Å². The van der Waals surface area contributed by atoms with Gasteiger partial charge in [-0.3, -0.25) is 24.4 Å². The third-order valence-corrected chi connectivity index (χ3v) is 17.6. The molecule has 3 saturated carbocycles. The fraction of sp³-hybridized carbons (Fsp3) is 0.788. The van der Waals surface area contributed by atoms with Crippen LogP contribution in [0.5, 0.6) is 0 Å². The summed E-state index contributed by atoms with van der Waals surface area (Å²) in [6.45, 7) is 22.8. The number of ether oxygens (including phenoxy) is 1. The first-order valence-electron chi connectivity index (χ1n) is 23.8. The maximum atomic E-state index is 13.6. The zero-order chi connectivity index (χ0) is 44.3. The van der Waals surface area contributed by atoms with E-state index in [1.807, 2.05) is 19.2 Å². The Morgan fingerprint density at radius 3 is 2.38 bits per heavy atom. The monoisotopic (exact) mass is 849 g/mol. The summed E-state index contributed by atoms with van der Waals surface area (Å²) >= 11 is 6.02. The number of carboxylic acids is 1. The third-order valence-electron chi connectivity index (χ3n) is 17.4. The highest BCUT2D eigenvalue weighted by Crippen LogP contribution is 2.77. The first-order valence-corrected chi connectivity index (χ1v) is 24.2. The van der Waals surface area contributed by atoms with Crippen molar-refractivity contribution in [2.75, 3.05) is 7.05 Å². The van der Waals surface area contributed by atoms with Crippen molar-refractivity contribution in [2.24, 2.45) is 55.2 Å². The van der Waals surface area contributed by atoms with Gasteiger partial charge >= 0.3 is 11.9 Å². The van der Waals surface area contributed by atoms with E-state index in [2.05, 4.69) is 60.4 Å². The van der Waals surface area contributed by atoms with Crippen LogP contribution in [0.2, 0.25) is 5.02 Å². The molecule has 1 aromatic rings. The normalized spacial score (nSPS) is 31.8. The van der Waals surface area contributed by atoms with Gasteiger partial charge in [-0.1, -0.05) is 91.0 Å². The zero-order valence-electron chi connectivity index (χ0n) is 39.5. The minimum Gasteiger partial charge on any atom is -0.481 e. The molecule has 7 unspecified atom stereocenters. The van der Waals surface area contributed by atoms with Crippen molar-refractivity contribution in [3.63, 3.8) is 0 Å². The number of carboxylic acid groups (broad SMARTS) is 1. The largest absolute Gasteiger partial charge is 0.481 e. The maximum absolute atomic E-state index is 13.6. The van der Waals surface area contributed by atoms with Crippen LogP contribution in [0.4, 0.5) is 0 Å². The second kappa shape index (κ2) is 19.1. The van der Waals surface area contributed by atoms with E-state index in [1.54, 1.807) is 31.2 Å². The Balaban J connectivity index is 1.36. The highest BCUT2D eigenvalue weighted by atomic mass is 35.5. The van der Waals surface area contributed by atoms with Crippen LogP contribution in [-0.2, 0) is 25.5 Å². The number of allylic oxidation sites excluding steroid dienone is 2. The van der Waals surface area contributed by atoms with E-state index in [1.165, 1.54) is 38.5 Å². The van der Waals surface area contributed by atoms with Crippen molar-refractivity contribution in [1.82, 2.24) is 4.98 Å². The summed E-state index contributed by atoms with van der Waals surface area (Å²) in [5.41, 5.74) is 4.69. The van der Waals surface area contributed by atoms with Crippen molar-refractivity contribution >= 4 is 35.0 Å². The zero-order valence-corrected chi connectivity index (χ0v) is 40.3. The van der Waals surface area contributed by atoms with E-state index < -0.39 is 17.4 Å². The number of aromatic nitrogens is 1. The summed E-state index contributed by atoms with van der Waals surface area (Å²) in [5, 5.41) is 10.3. The molecule has 1 N–H and O–H groups in total. The Hall–Kier alpha value is -2.54. The highest BCUT2D eigenvalue weighted by molar-refractivity contribution is 6.30. The number of unbranched alkanes of at least 4 members (excludes halogenated alkanes) is 1. The molecule has 1 aromatic heterocycles. The first kappa shape index (κ1) is 48.5. The van der Waals surface area contributed by atoms with Crippen LogP contribution in [-0.4, -0.2) is 46.7 Å². The van der Waals surface area contributed by atoms with Crippen molar-refractivity contribution in [1.29, 1.82) is 0 Å². The molecule has 0 aromatic carbocycles. The van der Waals surface area contributed by atoms with Crippen LogP contribution < -0.4 is 0 Å². The molecule has 336 valence electrons. The summed E-state index contributed by atoms with van der Waals surface area (Å²) in [6.07, 6.45) is 20.8. The summed E-state index contributed by atoms with van der Waals surface area (Å²) in [5.74, 6) is 0.341. The summed E-state index contributed by atoms with van der Waals surface area (Å²) in [6, 6.07) is 3.86. The first-order chi connectivity index (χ1) is 28.1. The van der Waals surface area contributed by atoms with E-state index in [9.17, 15) is 19.5 Å². The predicted octanol–water partition coefficient (Wildman–Crippen LogP) is 13.6. The number of carbonyl (C=O) groups excluding carboxylic acids is 2. The number of hydrogen-bond donors (Lipinski definition) is 1. The average molecular weight is 850 g/mol. The van der Waals surface area contributed by atoms with Crippen LogP contribution in [0.25, 0.3) is 0 Å². The van der Waals surface area contributed by atoms with Crippen LogP contribution in [0.15, 0.2) is 34.5 Å². The molecule has 3 fully saturated rings. The molecule has 60 heavy (non-hydrogen) atoms. The number of aliphatic carboxylic acids is 1. The molecule has 0 saturated heterocycles. The molecule has 1 heterocycles. The van der Waals surface area contributed by atoms with Gasteiger partial charge in [-0.2, -0.15) is 0 Å². The number of Topliss-reactive ketones (excluding diaryl/α,β-unsaturated/α-hetero) is 1. The van der Waals surface area contributed by atoms with Gasteiger partial charge in [-0.05, 0) is 162 Å². The van der Waals surface area contributed by atoms with Gasteiger partial charge < -0.3 is 9.84 Å². The lowest BCUT2D eigenvalue weighted by atomic mass is 9.35. The Kier molecular flexibility index (Phi) is 15.4. The van der Waals surface area contributed by atoms with Crippen molar-refractivity contribution < 1.29 is 24.2 Å². The molecule has 4 aliphatic rings. The lowest BCUT2D eigenvalue weighted by Gasteiger charge is -2.69. The van der Waals surface area contributed by atoms with E-state index in [-0.39, 0.29) is 39.6 Å². The maximum Gasteiger partial charge on any atom is 0.309 e. The smallest absolute Gasteiger partial charge is 0.309 e. The van der Waals surface area contributed by atoms with Gasteiger partial charge in [0.25, 0.3) is 0 Å². The fourth-order valence-corrected chi connectivity index (χ4v) is 13.7.